The first-order valence-electron chi connectivity index (χ1n) is 9.26. The number of benzene rings is 2. The van der Waals surface area contributed by atoms with Crippen molar-refractivity contribution in [3.8, 4) is 0 Å². The summed E-state index contributed by atoms with van der Waals surface area (Å²) in [5, 5.41) is 5.92. The SMILES string of the molecule is CC1(C)C(=O)Nc2ccc(NC(=O)CC(c3ccccc3)C3CC3)cc21. The molecule has 1 aliphatic carbocycles. The Balaban J connectivity index is 1.49. The first-order valence-corrected chi connectivity index (χ1v) is 9.26. The van der Waals surface area contributed by atoms with Gasteiger partial charge in [-0.3, -0.25) is 9.59 Å². The van der Waals surface area contributed by atoms with Gasteiger partial charge in [-0.15, -0.1) is 0 Å². The molecule has 2 amide bonds. The van der Waals surface area contributed by atoms with Gasteiger partial charge in [-0.05, 0) is 67.9 Å². The van der Waals surface area contributed by atoms with Crippen LogP contribution in [0.3, 0.4) is 0 Å². The topological polar surface area (TPSA) is 58.2 Å². The molecule has 0 radical (unpaired) electrons. The molecule has 0 bridgehead atoms. The minimum atomic E-state index is -0.573. The molecule has 1 saturated carbocycles. The predicted octanol–water partition coefficient (Wildman–Crippen LogP) is 4.44. The molecule has 2 N–H and O–H groups in total. The second-order valence-corrected chi connectivity index (χ2v) is 7.95. The van der Waals surface area contributed by atoms with E-state index in [1.807, 2.05) is 50.2 Å². The number of rotatable bonds is 5. The molecule has 1 aliphatic heterocycles. The highest BCUT2D eigenvalue weighted by atomic mass is 16.2. The summed E-state index contributed by atoms with van der Waals surface area (Å²) in [7, 11) is 0. The molecule has 0 spiro atoms. The zero-order valence-electron chi connectivity index (χ0n) is 15.2. The van der Waals surface area contributed by atoms with Crippen LogP contribution in [-0.4, -0.2) is 11.8 Å². The Bertz CT molecular complexity index is 854. The third kappa shape index (κ3) is 3.12. The molecule has 4 heteroatoms. The maximum Gasteiger partial charge on any atom is 0.234 e. The van der Waals surface area contributed by atoms with Crippen LogP contribution in [0.2, 0.25) is 0 Å². The Kier molecular flexibility index (Phi) is 4.06. The summed E-state index contributed by atoms with van der Waals surface area (Å²) in [4.78, 5) is 24.7. The van der Waals surface area contributed by atoms with Crippen molar-refractivity contribution in [1.29, 1.82) is 0 Å². The lowest BCUT2D eigenvalue weighted by Crippen LogP contribution is -2.27. The second kappa shape index (κ2) is 6.27. The number of anilines is 2. The van der Waals surface area contributed by atoms with Gasteiger partial charge in [0.2, 0.25) is 11.8 Å². The number of amides is 2. The average Bonchev–Trinajstić information content (AvgIpc) is 3.43. The van der Waals surface area contributed by atoms with Crippen molar-refractivity contribution in [2.24, 2.45) is 5.92 Å². The lowest BCUT2D eigenvalue weighted by atomic mass is 9.86. The summed E-state index contributed by atoms with van der Waals surface area (Å²) < 4.78 is 0. The third-order valence-corrected chi connectivity index (χ3v) is 5.62. The second-order valence-electron chi connectivity index (χ2n) is 7.95. The molecule has 4 rings (SSSR count). The zero-order chi connectivity index (χ0) is 18.3. The minimum absolute atomic E-state index is 0.00569. The Morgan fingerprint density at radius 3 is 2.62 bits per heavy atom. The van der Waals surface area contributed by atoms with Crippen molar-refractivity contribution < 1.29 is 9.59 Å². The standard InChI is InChI=1S/C22H24N2O2/c1-22(2)18-12-16(10-11-19(18)24-21(22)26)23-20(25)13-17(15-8-9-15)14-6-4-3-5-7-14/h3-7,10-12,15,17H,8-9,13H2,1-2H3,(H,23,25)(H,24,26). The lowest BCUT2D eigenvalue weighted by Gasteiger charge is -2.18. The van der Waals surface area contributed by atoms with Crippen molar-refractivity contribution in [2.75, 3.05) is 10.6 Å². The fourth-order valence-electron chi connectivity index (χ4n) is 3.82. The molecule has 134 valence electrons. The summed E-state index contributed by atoms with van der Waals surface area (Å²) in [6.07, 6.45) is 2.90. The van der Waals surface area contributed by atoms with Crippen molar-refractivity contribution in [2.45, 2.75) is 44.4 Å². The number of fused-ring (bicyclic) bond motifs is 1. The van der Waals surface area contributed by atoms with E-state index in [4.69, 9.17) is 0 Å². The van der Waals surface area contributed by atoms with E-state index in [2.05, 4.69) is 22.8 Å². The lowest BCUT2D eigenvalue weighted by molar-refractivity contribution is -0.119. The van der Waals surface area contributed by atoms with Crippen molar-refractivity contribution in [3.05, 3.63) is 59.7 Å². The molecule has 0 saturated heterocycles. The van der Waals surface area contributed by atoms with Crippen LogP contribution in [0.5, 0.6) is 0 Å². The highest BCUT2D eigenvalue weighted by Crippen LogP contribution is 2.44. The normalized spacial score (nSPS) is 18.8. The van der Waals surface area contributed by atoms with Gasteiger partial charge in [0.05, 0.1) is 5.41 Å². The molecule has 1 heterocycles. The highest BCUT2D eigenvalue weighted by Gasteiger charge is 2.38. The molecule has 0 aromatic heterocycles. The molecule has 2 aromatic rings. The van der Waals surface area contributed by atoms with Crippen LogP contribution < -0.4 is 10.6 Å². The van der Waals surface area contributed by atoms with Crippen LogP contribution in [0, 0.1) is 5.92 Å². The molecular formula is C22H24N2O2. The monoisotopic (exact) mass is 348 g/mol. The van der Waals surface area contributed by atoms with Gasteiger partial charge in [-0.1, -0.05) is 30.3 Å². The maximum absolute atomic E-state index is 12.7. The number of carbonyl (C=O) groups excluding carboxylic acids is 2. The number of carbonyl (C=O) groups is 2. The van der Waals surface area contributed by atoms with E-state index < -0.39 is 5.41 Å². The zero-order valence-corrected chi connectivity index (χ0v) is 15.2. The molecule has 4 nitrogen and oxygen atoms in total. The molecule has 1 atom stereocenters. The van der Waals surface area contributed by atoms with Gasteiger partial charge in [0, 0.05) is 17.8 Å². The molecular weight excluding hydrogens is 324 g/mol. The number of nitrogens with one attached hydrogen (secondary N) is 2. The van der Waals surface area contributed by atoms with Gasteiger partial charge >= 0.3 is 0 Å². The van der Waals surface area contributed by atoms with E-state index in [1.165, 1.54) is 18.4 Å². The number of hydrogen-bond acceptors (Lipinski definition) is 2. The van der Waals surface area contributed by atoms with E-state index in [0.29, 0.717) is 12.3 Å². The predicted molar refractivity (Wildman–Crippen MR) is 103 cm³/mol. The fourth-order valence-corrected chi connectivity index (χ4v) is 3.82. The molecule has 26 heavy (non-hydrogen) atoms. The van der Waals surface area contributed by atoms with Crippen LogP contribution >= 0.6 is 0 Å². The van der Waals surface area contributed by atoms with Crippen LogP contribution in [0.4, 0.5) is 11.4 Å². The summed E-state index contributed by atoms with van der Waals surface area (Å²) >= 11 is 0. The first kappa shape index (κ1) is 16.8. The molecule has 1 unspecified atom stereocenters. The van der Waals surface area contributed by atoms with E-state index in [0.717, 1.165) is 16.9 Å². The van der Waals surface area contributed by atoms with Gasteiger partial charge < -0.3 is 10.6 Å². The van der Waals surface area contributed by atoms with E-state index in [-0.39, 0.29) is 17.7 Å². The Morgan fingerprint density at radius 1 is 1.19 bits per heavy atom. The molecule has 2 aliphatic rings. The first-order chi connectivity index (χ1) is 12.4. The van der Waals surface area contributed by atoms with Crippen LogP contribution in [0.15, 0.2) is 48.5 Å². The van der Waals surface area contributed by atoms with Gasteiger partial charge in [0.25, 0.3) is 0 Å². The van der Waals surface area contributed by atoms with Crippen LogP contribution in [0.25, 0.3) is 0 Å². The number of hydrogen-bond donors (Lipinski definition) is 2. The molecule has 2 aromatic carbocycles. The van der Waals surface area contributed by atoms with Crippen LogP contribution in [0.1, 0.15) is 50.2 Å². The summed E-state index contributed by atoms with van der Waals surface area (Å²) in [5.74, 6) is 0.920. The van der Waals surface area contributed by atoms with E-state index >= 15 is 0 Å². The van der Waals surface area contributed by atoms with Gasteiger partial charge in [-0.2, -0.15) is 0 Å². The maximum atomic E-state index is 12.7. The highest BCUT2D eigenvalue weighted by molar-refractivity contribution is 6.06. The minimum Gasteiger partial charge on any atom is -0.326 e. The van der Waals surface area contributed by atoms with E-state index in [1.54, 1.807) is 0 Å². The smallest absolute Gasteiger partial charge is 0.234 e. The van der Waals surface area contributed by atoms with Gasteiger partial charge in [0.15, 0.2) is 0 Å². The summed E-state index contributed by atoms with van der Waals surface area (Å²) in [6.45, 7) is 3.80. The summed E-state index contributed by atoms with van der Waals surface area (Å²) in [5.41, 5.74) is 3.19. The van der Waals surface area contributed by atoms with Crippen molar-refractivity contribution in [3.63, 3.8) is 0 Å². The van der Waals surface area contributed by atoms with Crippen molar-refractivity contribution >= 4 is 23.2 Å². The van der Waals surface area contributed by atoms with Crippen LogP contribution in [-0.2, 0) is 15.0 Å². The van der Waals surface area contributed by atoms with Crippen molar-refractivity contribution in [1.82, 2.24) is 0 Å². The molecule has 1 fully saturated rings. The van der Waals surface area contributed by atoms with Gasteiger partial charge in [0.1, 0.15) is 0 Å². The fraction of sp³-hybridized carbons (Fsp3) is 0.364. The van der Waals surface area contributed by atoms with E-state index in [9.17, 15) is 9.59 Å². The Labute approximate surface area is 154 Å². The Hall–Kier alpha value is -2.62. The average molecular weight is 348 g/mol. The quantitative estimate of drug-likeness (QED) is 0.839. The summed E-state index contributed by atoms with van der Waals surface area (Å²) in [6, 6.07) is 16.0. The van der Waals surface area contributed by atoms with Gasteiger partial charge in [-0.25, -0.2) is 0 Å². The largest absolute Gasteiger partial charge is 0.326 e. The Morgan fingerprint density at radius 2 is 1.92 bits per heavy atom. The third-order valence-electron chi connectivity index (χ3n) is 5.62.